The van der Waals surface area contributed by atoms with Gasteiger partial charge in [-0.1, -0.05) is 54.6 Å². The quantitative estimate of drug-likeness (QED) is 0.645. The summed E-state index contributed by atoms with van der Waals surface area (Å²) in [6.07, 6.45) is 0. The van der Waals surface area contributed by atoms with Gasteiger partial charge in [-0.05, 0) is 19.2 Å². The number of nitrogen functional groups attached to an aromatic ring is 1. The number of para-hydroxylation sites is 1. The van der Waals surface area contributed by atoms with Gasteiger partial charge < -0.3 is 11.5 Å². The molecule has 0 aliphatic heterocycles. The summed E-state index contributed by atoms with van der Waals surface area (Å²) in [5, 5.41) is 0. The van der Waals surface area contributed by atoms with Crippen LogP contribution >= 0.6 is 0 Å². The van der Waals surface area contributed by atoms with Gasteiger partial charge in [-0.2, -0.15) is 0 Å². The zero-order chi connectivity index (χ0) is 11.4. The van der Waals surface area contributed by atoms with Crippen LogP contribution in [0.5, 0.6) is 0 Å². The lowest BCUT2D eigenvalue weighted by molar-refractivity contribution is 1.48. The molecule has 4 N–H and O–H groups in total. The molecule has 2 aromatic rings. The first-order chi connectivity index (χ1) is 7.39. The molecule has 0 spiro atoms. The lowest BCUT2D eigenvalue weighted by Gasteiger charge is -1.83. The van der Waals surface area contributed by atoms with Gasteiger partial charge in [0.05, 0.1) is 0 Å². The van der Waals surface area contributed by atoms with E-state index in [2.05, 4.69) is 5.73 Å². The average molecular weight is 202 g/mol. The highest BCUT2D eigenvalue weighted by Gasteiger charge is 1.72. The zero-order valence-corrected chi connectivity index (χ0v) is 9.01. The van der Waals surface area contributed by atoms with Crippen LogP contribution in [0.2, 0.25) is 0 Å². The summed E-state index contributed by atoms with van der Waals surface area (Å²) in [6, 6.07) is 21.5. The van der Waals surface area contributed by atoms with Crippen molar-refractivity contribution in [3.63, 3.8) is 0 Å². The molecule has 2 rings (SSSR count). The lowest BCUT2D eigenvalue weighted by atomic mass is 10.3. The van der Waals surface area contributed by atoms with Crippen molar-refractivity contribution in [2.24, 2.45) is 5.73 Å². The number of benzene rings is 2. The lowest BCUT2D eigenvalue weighted by Crippen LogP contribution is -1.79. The highest BCUT2D eigenvalue weighted by molar-refractivity contribution is 5.35. The van der Waals surface area contributed by atoms with Crippen LogP contribution in [0, 0.1) is 0 Å². The molecule has 0 aromatic heterocycles. The Morgan fingerprint density at radius 2 is 0.867 bits per heavy atom. The SMILES string of the molecule is CN.Nc1ccccc1.c1ccccc1. The molecule has 2 nitrogen and oxygen atoms in total. The van der Waals surface area contributed by atoms with Crippen LogP contribution in [-0.2, 0) is 0 Å². The van der Waals surface area contributed by atoms with Gasteiger partial charge in [0.15, 0.2) is 0 Å². The van der Waals surface area contributed by atoms with E-state index in [1.54, 1.807) is 0 Å². The smallest absolute Gasteiger partial charge is 0.0313 e. The van der Waals surface area contributed by atoms with Gasteiger partial charge in [-0.3, -0.25) is 0 Å². The second-order valence-corrected chi connectivity index (χ2v) is 2.57. The summed E-state index contributed by atoms with van der Waals surface area (Å²) in [6.45, 7) is 0. The van der Waals surface area contributed by atoms with Gasteiger partial charge in [0.25, 0.3) is 0 Å². The van der Waals surface area contributed by atoms with Crippen molar-refractivity contribution in [1.29, 1.82) is 0 Å². The normalized spacial score (nSPS) is 7.60. The Balaban J connectivity index is 0.000000227. The van der Waals surface area contributed by atoms with Crippen LogP contribution in [0.15, 0.2) is 66.7 Å². The van der Waals surface area contributed by atoms with Gasteiger partial charge in [0, 0.05) is 5.69 Å². The fraction of sp³-hybridized carbons (Fsp3) is 0.0769. The van der Waals surface area contributed by atoms with Crippen LogP contribution in [0.25, 0.3) is 0 Å². The molecule has 0 amide bonds. The molecule has 0 radical (unpaired) electrons. The predicted molar refractivity (Wildman–Crippen MR) is 67.4 cm³/mol. The summed E-state index contributed by atoms with van der Waals surface area (Å²) in [4.78, 5) is 0. The Morgan fingerprint density at radius 1 is 0.600 bits per heavy atom. The third-order valence-corrected chi connectivity index (χ3v) is 1.47. The topological polar surface area (TPSA) is 52.0 Å². The van der Waals surface area contributed by atoms with E-state index >= 15 is 0 Å². The molecule has 0 unspecified atom stereocenters. The van der Waals surface area contributed by atoms with E-state index in [9.17, 15) is 0 Å². The Labute approximate surface area is 91.5 Å². The Hall–Kier alpha value is -1.80. The van der Waals surface area contributed by atoms with Crippen LogP contribution in [0.4, 0.5) is 5.69 Å². The van der Waals surface area contributed by atoms with E-state index < -0.39 is 0 Å². The van der Waals surface area contributed by atoms with E-state index in [4.69, 9.17) is 5.73 Å². The van der Waals surface area contributed by atoms with Crippen molar-refractivity contribution in [1.82, 2.24) is 0 Å². The molecule has 0 saturated carbocycles. The number of nitrogens with two attached hydrogens (primary N) is 2. The van der Waals surface area contributed by atoms with Crippen LogP contribution in [0.3, 0.4) is 0 Å². The second kappa shape index (κ2) is 10.3. The third kappa shape index (κ3) is 8.53. The maximum Gasteiger partial charge on any atom is 0.0313 e. The first kappa shape index (κ1) is 13.2. The number of hydrogen-bond donors (Lipinski definition) is 2. The molecule has 80 valence electrons. The predicted octanol–water partition coefficient (Wildman–Crippen LogP) is 2.53. The van der Waals surface area contributed by atoms with Crippen LogP contribution in [0.1, 0.15) is 0 Å². The maximum atomic E-state index is 5.36. The first-order valence-corrected chi connectivity index (χ1v) is 4.78. The fourth-order valence-electron chi connectivity index (χ4n) is 0.838. The summed E-state index contributed by atoms with van der Waals surface area (Å²) >= 11 is 0. The minimum Gasteiger partial charge on any atom is -0.399 e. The summed E-state index contributed by atoms with van der Waals surface area (Å²) in [5.41, 5.74) is 10.7. The van der Waals surface area contributed by atoms with Crippen molar-refractivity contribution in [2.45, 2.75) is 0 Å². The molecule has 0 heterocycles. The molecule has 2 aromatic carbocycles. The Kier molecular flexibility index (Phi) is 9.05. The van der Waals surface area contributed by atoms with Crippen molar-refractivity contribution in [3.05, 3.63) is 66.7 Å². The zero-order valence-electron chi connectivity index (χ0n) is 9.01. The van der Waals surface area contributed by atoms with Gasteiger partial charge >= 0.3 is 0 Å². The van der Waals surface area contributed by atoms with Crippen LogP contribution < -0.4 is 11.5 Å². The highest BCUT2D eigenvalue weighted by Crippen LogP contribution is 1.95. The summed E-state index contributed by atoms with van der Waals surface area (Å²) in [7, 11) is 1.50. The van der Waals surface area contributed by atoms with Gasteiger partial charge in [-0.25, -0.2) is 0 Å². The third-order valence-electron chi connectivity index (χ3n) is 1.47. The van der Waals surface area contributed by atoms with E-state index in [1.807, 2.05) is 66.7 Å². The molecule has 2 heteroatoms. The second-order valence-electron chi connectivity index (χ2n) is 2.57. The van der Waals surface area contributed by atoms with Crippen LogP contribution in [-0.4, -0.2) is 7.05 Å². The first-order valence-electron chi connectivity index (χ1n) is 4.78. The monoisotopic (exact) mass is 202 g/mol. The molecule has 0 aliphatic carbocycles. The largest absolute Gasteiger partial charge is 0.399 e. The molecular formula is C13H18N2. The van der Waals surface area contributed by atoms with Crippen molar-refractivity contribution in [2.75, 3.05) is 12.8 Å². The fourth-order valence-corrected chi connectivity index (χ4v) is 0.838. The van der Waals surface area contributed by atoms with Gasteiger partial charge in [0.2, 0.25) is 0 Å². The summed E-state index contributed by atoms with van der Waals surface area (Å²) < 4.78 is 0. The van der Waals surface area contributed by atoms with Crippen molar-refractivity contribution in [3.8, 4) is 0 Å². The van der Waals surface area contributed by atoms with E-state index in [0.717, 1.165) is 5.69 Å². The number of anilines is 1. The minimum absolute atomic E-state index is 0.822. The van der Waals surface area contributed by atoms with E-state index in [0.29, 0.717) is 0 Å². The summed E-state index contributed by atoms with van der Waals surface area (Å²) in [5.74, 6) is 0. The average Bonchev–Trinajstić information content (AvgIpc) is 2.36. The molecule has 15 heavy (non-hydrogen) atoms. The molecule has 0 aliphatic rings. The minimum atomic E-state index is 0.822. The molecule has 0 saturated heterocycles. The van der Waals surface area contributed by atoms with E-state index in [1.165, 1.54) is 7.05 Å². The number of hydrogen-bond acceptors (Lipinski definition) is 2. The Morgan fingerprint density at radius 3 is 1.07 bits per heavy atom. The maximum absolute atomic E-state index is 5.36. The van der Waals surface area contributed by atoms with Crippen molar-refractivity contribution < 1.29 is 0 Å². The van der Waals surface area contributed by atoms with Gasteiger partial charge in [-0.15, -0.1) is 0 Å². The molecule has 0 fully saturated rings. The highest BCUT2D eigenvalue weighted by atomic mass is 14.5. The number of rotatable bonds is 0. The van der Waals surface area contributed by atoms with Gasteiger partial charge in [0.1, 0.15) is 0 Å². The standard InChI is InChI=1S/C6H7N.C6H6.CH5N/c7-6-4-2-1-3-5-6;1-2-4-6-5-3-1;1-2/h1-5H,7H2;1-6H;2H2,1H3. The molecule has 0 atom stereocenters. The molecule has 0 bridgehead atoms. The Bertz CT molecular complexity index is 279. The molecular weight excluding hydrogens is 184 g/mol. The van der Waals surface area contributed by atoms with E-state index in [-0.39, 0.29) is 0 Å². The van der Waals surface area contributed by atoms with Crippen molar-refractivity contribution >= 4 is 5.69 Å².